The third-order valence-electron chi connectivity index (χ3n) is 4.76. The van der Waals surface area contributed by atoms with Crippen LogP contribution in [0.4, 0.5) is 4.79 Å². The molecule has 120 valence electrons. The van der Waals surface area contributed by atoms with Gasteiger partial charge in [-0.05, 0) is 44.9 Å². The molecule has 2 aliphatic heterocycles. The van der Waals surface area contributed by atoms with Crippen molar-refractivity contribution >= 4 is 12.0 Å². The van der Waals surface area contributed by atoms with Crippen molar-refractivity contribution in [3.63, 3.8) is 0 Å². The number of piperidine rings is 2. The maximum absolute atomic E-state index is 12.4. The molecule has 6 heteroatoms. The summed E-state index contributed by atoms with van der Waals surface area (Å²) in [6.07, 6.45) is 3.99. The maximum Gasteiger partial charge on any atom is 0.320 e. The van der Waals surface area contributed by atoms with Gasteiger partial charge in [-0.15, -0.1) is 0 Å². The number of urea groups is 1. The van der Waals surface area contributed by atoms with Gasteiger partial charge in [0.15, 0.2) is 0 Å². The summed E-state index contributed by atoms with van der Waals surface area (Å²) in [6.45, 7) is 4.49. The highest BCUT2D eigenvalue weighted by atomic mass is 16.4. The van der Waals surface area contributed by atoms with Gasteiger partial charge in [-0.25, -0.2) is 4.79 Å². The van der Waals surface area contributed by atoms with Crippen molar-refractivity contribution in [2.45, 2.75) is 51.0 Å². The lowest BCUT2D eigenvalue weighted by Gasteiger charge is -2.40. The van der Waals surface area contributed by atoms with Gasteiger partial charge in [0.2, 0.25) is 0 Å². The number of hydrogen-bond acceptors (Lipinski definition) is 3. The largest absolute Gasteiger partial charge is 0.481 e. The number of carbonyl (C=O) groups is 2. The minimum absolute atomic E-state index is 0.0715. The molecule has 0 aromatic rings. The molecule has 2 aliphatic rings. The molecule has 0 radical (unpaired) electrons. The van der Waals surface area contributed by atoms with E-state index in [1.807, 2.05) is 16.7 Å². The Morgan fingerprint density at radius 3 is 2.14 bits per heavy atom. The first-order chi connectivity index (χ1) is 9.87. The minimum atomic E-state index is -0.742. The fraction of sp³-hybridized carbons (Fsp3) is 0.867. The first-order valence-electron chi connectivity index (χ1n) is 7.85. The molecular formula is C15H26N2O4. The lowest BCUT2D eigenvalue weighted by molar-refractivity contribution is -0.137. The van der Waals surface area contributed by atoms with E-state index in [-0.39, 0.29) is 12.5 Å². The van der Waals surface area contributed by atoms with Gasteiger partial charge < -0.3 is 20.0 Å². The molecule has 2 fully saturated rings. The summed E-state index contributed by atoms with van der Waals surface area (Å²) in [6, 6.07) is 0.0715. The van der Waals surface area contributed by atoms with Crippen molar-refractivity contribution in [1.29, 1.82) is 0 Å². The SMILES string of the molecule is CC1(O)CCN(C(=O)N2CCC(CCC(=O)O)CC2)CC1. The molecule has 0 saturated carbocycles. The Morgan fingerprint density at radius 2 is 1.62 bits per heavy atom. The molecule has 0 aromatic carbocycles. The molecule has 2 saturated heterocycles. The Kier molecular flexibility index (Phi) is 5.08. The van der Waals surface area contributed by atoms with Crippen molar-refractivity contribution in [2.75, 3.05) is 26.2 Å². The number of likely N-dealkylation sites (tertiary alicyclic amines) is 2. The Morgan fingerprint density at radius 1 is 1.10 bits per heavy atom. The van der Waals surface area contributed by atoms with Crippen LogP contribution in [0.5, 0.6) is 0 Å². The molecule has 2 N–H and O–H groups in total. The van der Waals surface area contributed by atoms with Gasteiger partial charge in [0.05, 0.1) is 5.60 Å². The van der Waals surface area contributed by atoms with E-state index >= 15 is 0 Å². The van der Waals surface area contributed by atoms with Crippen LogP contribution < -0.4 is 0 Å². The molecule has 0 spiro atoms. The third kappa shape index (κ3) is 4.59. The Hall–Kier alpha value is -1.30. The highest BCUT2D eigenvalue weighted by Gasteiger charge is 2.32. The average molecular weight is 298 g/mol. The summed E-state index contributed by atoms with van der Waals surface area (Å²) < 4.78 is 0. The standard InChI is InChI=1S/C15H26N2O4/c1-15(21)6-10-17(11-7-15)14(20)16-8-4-12(5-9-16)2-3-13(18)19/h12,21H,2-11H2,1H3,(H,18,19). The molecule has 0 atom stereocenters. The Bertz CT molecular complexity index is 379. The van der Waals surface area contributed by atoms with Crippen LogP contribution in [0.3, 0.4) is 0 Å². The fourth-order valence-corrected chi connectivity index (χ4v) is 3.12. The second kappa shape index (κ2) is 6.64. The minimum Gasteiger partial charge on any atom is -0.481 e. The van der Waals surface area contributed by atoms with Crippen LogP contribution in [0.15, 0.2) is 0 Å². The second-order valence-corrected chi connectivity index (χ2v) is 6.63. The number of carbonyl (C=O) groups excluding carboxylic acids is 1. The highest BCUT2D eigenvalue weighted by molar-refractivity contribution is 5.74. The molecule has 6 nitrogen and oxygen atoms in total. The van der Waals surface area contributed by atoms with Gasteiger partial charge in [0.25, 0.3) is 0 Å². The first kappa shape index (κ1) is 16.1. The van der Waals surface area contributed by atoms with E-state index < -0.39 is 11.6 Å². The number of hydrogen-bond donors (Lipinski definition) is 2. The second-order valence-electron chi connectivity index (χ2n) is 6.63. The van der Waals surface area contributed by atoms with Crippen LogP contribution in [0, 0.1) is 5.92 Å². The van der Waals surface area contributed by atoms with Crippen molar-refractivity contribution in [3.8, 4) is 0 Å². The van der Waals surface area contributed by atoms with Gasteiger partial charge in [0, 0.05) is 32.6 Å². The van der Waals surface area contributed by atoms with Gasteiger partial charge in [0.1, 0.15) is 0 Å². The summed E-state index contributed by atoms with van der Waals surface area (Å²) in [5.41, 5.74) is -0.638. The van der Waals surface area contributed by atoms with Crippen molar-refractivity contribution < 1.29 is 19.8 Å². The van der Waals surface area contributed by atoms with Gasteiger partial charge in [-0.3, -0.25) is 4.79 Å². The van der Waals surface area contributed by atoms with Gasteiger partial charge in [-0.1, -0.05) is 0 Å². The summed E-state index contributed by atoms with van der Waals surface area (Å²) in [4.78, 5) is 26.7. The maximum atomic E-state index is 12.4. The van der Waals surface area contributed by atoms with Crippen LogP contribution in [-0.2, 0) is 4.79 Å². The number of aliphatic carboxylic acids is 1. The number of rotatable bonds is 3. The lowest BCUT2D eigenvalue weighted by Crippen LogP contribution is -2.51. The van der Waals surface area contributed by atoms with Crippen LogP contribution in [-0.4, -0.2) is 63.8 Å². The van der Waals surface area contributed by atoms with E-state index in [2.05, 4.69) is 0 Å². The van der Waals surface area contributed by atoms with E-state index in [0.29, 0.717) is 38.3 Å². The van der Waals surface area contributed by atoms with Crippen LogP contribution >= 0.6 is 0 Å². The molecule has 0 aromatic heterocycles. The lowest BCUT2D eigenvalue weighted by atomic mass is 9.92. The van der Waals surface area contributed by atoms with E-state index in [1.54, 1.807) is 0 Å². The summed E-state index contributed by atoms with van der Waals surface area (Å²) in [5.74, 6) is -0.318. The van der Waals surface area contributed by atoms with Crippen molar-refractivity contribution in [2.24, 2.45) is 5.92 Å². The fourth-order valence-electron chi connectivity index (χ4n) is 3.12. The summed E-state index contributed by atoms with van der Waals surface area (Å²) in [5, 5.41) is 18.6. The third-order valence-corrected chi connectivity index (χ3v) is 4.76. The molecule has 21 heavy (non-hydrogen) atoms. The molecule has 0 unspecified atom stereocenters. The van der Waals surface area contributed by atoms with Crippen molar-refractivity contribution in [3.05, 3.63) is 0 Å². The first-order valence-corrected chi connectivity index (χ1v) is 7.85. The van der Waals surface area contributed by atoms with E-state index in [0.717, 1.165) is 25.9 Å². The molecular weight excluding hydrogens is 272 g/mol. The number of amides is 2. The number of aliphatic hydroxyl groups is 1. The summed E-state index contributed by atoms with van der Waals surface area (Å²) >= 11 is 0. The zero-order valence-electron chi connectivity index (χ0n) is 12.8. The van der Waals surface area contributed by atoms with Crippen LogP contribution in [0.25, 0.3) is 0 Å². The smallest absolute Gasteiger partial charge is 0.320 e. The summed E-state index contributed by atoms with van der Waals surface area (Å²) in [7, 11) is 0. The zero-order valence-corrected chi connectivity index (χ0v) is 12.8. The van der Waals surface area contributed by atoms with Crippen molar-refractivity contribution in [1.82, 2.24) is 9.80 Å². The van der Waals surface area contributed by atoms with E-state index in [9.17, 15) is 14.7 Å². The quantitative estimate of drug-likeness (QED) is 0.828. The van der Waals surface area contributed by atoms with E-state index in [4.69, 9.17) is 5.11 Å². The van der Waals surface area contributed by atoms with Crippen LogP contribution in [0.2, 0.25) is 0 Å². The topological polar surface area (TPSA) is 81.1 Å². The Labute approximate surface area is 125 Å². The highest BCUT2D eigenvalue weighted by Crippen LogP contribution is 2.25. The molecule has 0 bridgehead atoms. The average Bonchev–Trinajstić information content (AvgIpc) is 2.45. The predicted octanol–water partition coefficient (Wildman–Crippen LogP) is 1.53. The monoisotopic (exact) mass is 298 g/mol. The predicted molar refractivity (Wildman–Crippen MR) is 78.0 cm³/mol. The van der Waals surface area contributed by atoms with Gasteiger partial charge >= 0.3 is 12.0 Å². The van der Waals surface area contributed by atoms with Crippen LogP contribution in [0.1, 0.15) is 45.4 Å². The zero-order chi connectivity index (χ0) is 15.5. The number of carboxylic acid groups (broad SMARTS) is 1. The normalized spacial score (nSPS) is 23.1. The number of carboxylic acids is 1. The molecule has 2 rings (SSSR count). The van der Waals surface area contributed by atoms with E-state index in [1.165, 1.54) is 0 Å². The molecule has 0 aliphatic carbocycles. The van der Waals surface area contributed by atoms with Gasteiger partial charge in [-0.2, -0.15) is 0 Å². The molecule has 2 amide bonds. The molecule has 2 heterocycles. The number of nitrogens with zero attached hydrogens (tertiary/aromatic N) is 2. The Balaban J connectivity index is 1.74.